The lowest BCUT2D eigenvalue weighted by Crippen LogP contribution is -2.34. The summed E-state index contributed by atoms with van der Waals surface area (Å²) in [6.07, 6.45) is 1.44. The standard InChI is InChI=1S/C22H24N4O2S/c1-2-15-8-9-18-19(10-15)29-22(24-18)25-21(28)23-12-17-11-20(27)26(14-17)13-16-6-4-3-5-7-16/h3-10,17H,2,11-14H2,1H3,(H2,23,24,25,28)/t17-/m0/s1. The fraction of sp³-hybridized carbons (Fsp3) is 0.318. The second-order valence-corrected chi connectivity index (χ2v) is 8.37. The third-order valence-electron chi connectivity index (χ3n) is 5.14. The number of thiazole rings is 1. The molecule has 6 nitrogen and oxygen atoms in total. The van der Waals surface area contributed by atoms with Crippen molar-refractivity contribution in [1.29, 1.82) is 0 Å². The van der Waals surface area contributed by atoms with Gasteiger partial charge in [0.25, 0.3) is 0 Å². The fourth-order valence-corrected chi connectivity index (χ4v) is 4.49. The van der Waals surface area contributed by atoms with Crippen LogP contribution >= 0.6 is 11.3 Å². The summed E-state index contributed by atoms with van der Waals surface area (Å²) >= 11 is 1.47. The summed E-state index contributed by atoms with van der Waals surface area (Å²) < 4.78 is 1.07. The van der Waals surface area contributed by atoms with Gasteiger partial charge in [0.1, 0.15) is 0 Å². The van der Waals surface area contributed by atoms with Crippen molar-refractivity contribution in [1.82, 2.24) is 15.2 Å². The highest BCUT2D eigenvalue weighted by Gasteiger charge is 2.29. The Bertz CT molecular complexity index is 1020. The lowest BCUT2D eigenvalue weighted by atomic mass is 10.1. The molecule has 29 heavy (non-hydrogen) atoms. The van der Waals surface area contributed by atoms with E-state index in [4.69, 9.17) is 0 Å². The number of carbonyl (C=O) groups excluding carboxylic acids is 2. The molecule has 0 unspecified atom stereocenters. The Morgan fingerprint density at radius 3 is 2.83 bits per heavy atom. The zero-order valence-electron chi connectivity index (χ0n) is 16.4. The number of nitrogens with zero attached hydrogens (tertiary/aromatic N) is 2. The van der Waals surface area contributed by atoms with Gasteiger partial charge in [-0.1, -0.05) is 54.7 Å². The molecule has 1 atom stereocenters. The zero-order valence-corrected chi connectivity index (χ0v) is 17.2. The fourth-order valence-electron chi connectivity index (χ4n) is 3.57. The number of urea groups is 1. The summed E-state index contributed by atoms with van der Waals surface area (Å²) in [4.78, 5) is 30.9. The number of hydrogen-bond acceptors (Lipinski definition) is 4. The van der Waals surface area contributed by atoms with E-state index >= 15 is 0 Å². The molecule has 0 bridgehead atoms. The molecule has 3 amide bonds. The van der Waals surface area contributed by atoms with E-state index in [0.717, 1.165) is 22.2 Å². The summed E-state index contributed by atoms with van der Waals surface area (Å²) in [5, 5.41) is 6.28. The van der Waals surface area contributed by atoms with Crippen LogP contribution in [0.2, 0.25) is 0 Å². The van der Waals surface area contributed by atoms with Crippen LogP contribution < -0.4 is 10.6 Å². The Kier molecular flexibility index (Phi) is 5.76. The molecular formula is C22H24N4O2S. The van der Waals surface area contributed by atoms with Crippen LogP contribution in [0.25, 0.3) is 10.2 Å². The quantitative estimate of drug-likeness (QED) is 0.647. The Morgan fingerprint density at radius 1 is 1.21 bits per heavy atom. The molecule has 1 saturated heterocycles. The van der Waals surface area contributed by atoms with Crippen LogP contribution in [0.3, 0.4) is 0 Å². The van der Waals surface area contributed by atoms with E-state index < -0.39 is 0 Å². The van der Waals surface area contributed by atoms with E-state index in [-0.39, 0.29) is 17.9 Å². The van der Waals surface area contributed by atoms with Crippen molar-refractivity contribution in [2.24, 2.45) is 5.92 Å². The van der Waals surface area contributed by atoms with Crippen molar-refractivity contribution < 1.29 is 9.59 Å². The van der Waals surface area contributed by atoms with Gasteiger partial charge in [0.2, 0.25) is 5.91 Å². The second kappa shape index (κ2) is 8.61. The molecule has 0 aliphatic carbocycles. The first kappa shape index (κ1) is 19.4. The van der Waals surface area contributed by atoms with Gasteiger partial charge in [0, 0.05) is 32.0 Å². The molecule has 3 aromatic rings. The van der Waals surface area contributed by atoms with Gasteiger partial charge in [-0.25, -0.2) is 9.78 Å². The monoisotopic (exact) mass is 408 g/mol. The molecular weight excluding hydrogens is 384 g/mol. The van der Waals surface area contributed by atoms with Gasteiger partial charge < -0.3 is 10.2 Å². The minimum atomic E-state index is -0.284. The van der Waals surface area contributed by atoms with Crippen molar-refractivity contribution in [3.63, 3.8) is 0 Å². The van der Waals surface area contributed by atoms with Crippen LogP contribution in [0.4, 0.5) is 9.93 Å². The van der Waals surface area contributed by atoms with Crippen LogP contribution in [0.5, 0.6) is 0 Å². The average Bonchev–Trinajstić information content (AvgIpc) is 3.29. The number of carbonyl (C=O) groups is 2. The number of nitrogens with one attached hydrogen (secondary N) is 2. The zero-order chi connectivity index (χ0) is 20.2. The van der Waals surface area contributed by atoms with Gasteiger partial charge >= 0.3 is 6.03 Å². The number of rotatable bonds is 6. The molecule has 0 saturated carbocycles. The first-order valence-corrected chi connectivity index (χ1v) is 10.7. The Labute approximate surface area is 173 Å². The Balaban J connectivity index is 1.28. The van der Waals surface area contributed by atoms with Crippen molar-refractivity contribution in [2.75, 3.05) is 18.4 Å². The number of aryl methyl sites for hydroxylation is 1. The summed E-state index contributed by atoms with van der Waals surface area (Å²) in [5.41, 5.74) is 3.26. The SMILES string of the molecule is CCc1ccc2nc(NC(=O)NC[C@@H]3CC(=O)N(Cc4ccccc4)C3)sc2c1. The van der Waals surface area contributed by atoms with Gasteiger partial charge in [-0.3, -0.25) is 10.1 Å². The molecule has 2 heterocycles. The molecule has 1 aromatic heterocycles. The van der Waals surface area contributed by atoms with Gasteiger partial charge in [0.15, 0.2) is 5.13 Å². The highest BCUT2D eigenvalue weighted by Crippen LogP contribution is 2.27. The first-order chi connectivity index (χ1) is 14.1. The summed E-state index contributed by atoms with van der Waals surface area (Å²) in [5.74, 6) is 0.262. The average molecular weight is 409 g/mol. The van der Waals surface area contributed by atoms with Crippen LogP contribution in [0, 0.1) is 5.92 Å². The third kappa shape index (κ3) is 4.74. The minimum absolute atomic E-state index is 0.124. The summed E-state index contributed by atoms with van der Waals surface area (Å²) in [6.45, 7) is 3.86. The van der Waals surface area contributed by atoms with Crippen LogP contribution in [-0.4, -0.2) is 34.9 Å². The van der Waals surface area contributed by atoms with Crippen molar-refractivity contribution in [2.45, 2.75) is 26.3 Å². The lowest BCUT2D eigenvalue weighted by Gasteiger charge is -2.17. The van der Waals surface area contributed by atoms with E-state index in [1.54, 1.807) is 0 Å². The second-order valence-electron chi connectivity index (χ2n) is 7.34. The molecule has 150 valence electrons. The number of aromatic nitrogens is 1. The first-order valence-electron chi connectivity index (χ1n) is 9.86. The minimum Gasteiger partial charge on any atom is -0.338 e. The van der Waals surface area contributed by atoms with Crippen LogP contribution in [0.1, 0.15) is 24.5 Å². The maximum absolute atomic E-state index is 12.3. The van der Waals surface area contributed by atoms with Gasteiger partial charge in [0.05, 0.1) is 10.2 Å². The number of benzene rings is 2. The van der Waals surface area contributed by atoms with Crippen LogP contribution in [-0.2, 0) is 17.8 Å². The molecule has 1 aliphatic rings. The highest BCUT2D eigenvalue weighted by atomic mass is 32.1. The molecule has 7 heteroatoms. The molecule has 0 radical (unpaired) electrons. The summed E-state index contributed by atoms with van der Waals surface area (Å²) in [7, 11) is 0. The topological polar surface area (TPSA) is 74.3 Å². The number of fused-ring (bicyclic) bond motifs is 1. The van der Waals surface area contributed by atoms with Gasteiger partial charge in [-0.05, 0) is 29.7 Å². The molecule has 2 aromatic carbocycles. The van der Waals surface area contributed by atoms with Crippen molar-refractivity contribution in [3.8, 4) is 0 Å². The normalized spacial score (nSPS) is 16.4. The molecule has 4 rings (SSSR count). The van der Waals surface area contributed by atoms with E-state index in [2.05, 4.69) is 34.7 Å². The maximum Gasteiger partial charge on any atom is 0.321 e. The lowest BCUT2D eigenvalue weighted by molar-refractivity contribution is -0.128. The summed E-state index contributed by atoms with van der Waals surface area (Å²) in [6, 6.07) is 15.8. The maximum atomic E-state index is 12.3. The van der Waals surface area contributed by atoms with E-state index in [9.17, 15) is 9.59 Å². The van der Waals surface area contributed by atoms with Crippen molar-refractivity contribution in [3.05, 3.63) is 59.7 Å². The Morgan fingerprint density at radius 2 is 2.03 bits per heavy atom. The van der Waals surface area contributed by atoms with Crippen LogP contribution in [0.15, 0.2) is 48.5 Å². The predicted octanol–water partition coefficient (Wildman–Crippen LogP) is 4.03. The van der Waals surface area contributed by atoms with E-state index in [0.29, 0.717) is 31.2 Å². The van der Waals surface area contributed by atoms with Crippen molar-refractivity contribution >= 4 is 38.6 Å². The van der Waals surface area contributed by atoms with Gasteiger partial charge in [-0.15, -0.1) is 0 Å². The van der Waals surface area contributed by atoms with Gasteiger partial charge in [-0.2, -0.15) is 0 Å². The predicted molar refractivity (Wildman–Crippen MR) is 116 cm³/mol. The molecule has 0 spiro atoms. The number of anilines is 1. The van der Waals surface area contributed by atoms with E-state index in [1.807, 2.05) is 41.3 Å². The van der Waals surface area contributed by atoms with E-state index in [1.165, 1.54) is 16.9 Å². The Hall–Kier alpha value is -2.93. The molecule has 1 aliphatic heterocycles. The smallest absolute Gasteiger partial charge is 0.321 e. The highest BCUT2D eigenvalue weighted by molar-refractivity contribution is 7.22. The molecule has 1 fully saturated rings. The molecule has 2 N–H and O–H groups in total. The number of amides is 3. The number of likely N-dealkylation sites (tertiary alicyclic amines) is 1. The third-order valence-corrected chi connectivity index (χ3v) is 6.08. The number of hydrogen-bond donors (Lipinski definition) is 2. The largest absolute Gasteiger partial charge is 0.338 e.